The summed E-state index contributed by atoms with van der Waals surface area (Å²) >= 11 is 0. The molecule has 0 radical (unpaired) electrons. The molecule has 3 aromatic heterocycles. The van der Waals surface area contributed by atoms with Gasteiger partial charge in [0.25, 0.3) is 0 Å². The van der Waals surface area contributed by atoms with E-state index in [0.717, 1.165) is 66.3 Å². The summed E-state index contributed by atoms with van der Waals surface area (Å²) in [5.41, 5.74) is 7.21. The summed E-state index contributed by atoms with van der Waals surface area (Å²) in [6, 6.07) is 18.2. The molecule has 3 heterocycles. The van der Waals surface area contributed by atoms with Gasteiger partial charge in [-0.15, -0.1) is 0 Å². The van der Waals surface area contributed by atoms with Crippen LogP contribution in [-0.4, -0.2) is 0 Å². The smallest absolute Gasteiger partial charge is 0.216 e. The van der Waals surface area contributed by atoms with Crippen molar-refractivity contribution in [2.45, 2.75) is 20.7 Å². The molecule has 30 heavy (non-hydrogen) atoms. The van der Waals surface area contributed by atoms with Gasteiger partial charge < -0.3 is 8.83 Å². The molecule has 3 heteroatoms. The van der Waals surface area contributed by atoms with Crippen LogP contribution in [0.2, 0.25) is 0 Å². The lowest BCUT2D eigenvalue weighted by molar-refractivity contribution is -0.660. The second-order valence-electron chi connectivity index (χ2n) is 8.02. The van der Waals surface area contributed by atoms with Crippen molar-refractivity contribution in [3.8, 4) is 11.3 Å². The van der Waals surface area contributed by atoms with E-state index in [-0.39, 0.29) is 0 Å². The molecule has 0 aliphatic carbocycles. The Morgan fingerprint density at radius 3 is 2.43 bits per heavy atom. The summed E-state index contributed by atoms with van der Waals surface area (Å²) in [5.74, 6) is 0. The van der Waals surface area contributed by atoms with E-state index in [2.05, 4.69) is 18.2 Å². The summed E-state index contributed by atoms with van der Waals surface area (Å²) in [7, 11) is 1.88. The van der Waals surface area contributed by atoms with Crippen molar-refractivity contribution < 1.29 is 17.5 Å². The highest BCUT2D eigenvalue weighted by molar-refractivity contribution is 6.23. The molecule has 0 fully saturated rings. The monoisotopic (exact) mass is 395 g/mol. The van der Waals surface area contributed by atoms with Crippen LogP contribution in [0.3, 0.4) is 0 Å². The third-order valence-corrected chi connectivity index (χ3v) is 6.09. The minimum Gasteiger partial charge on any atom is -0.455 e. The van der Waals surface area contributed by atoms with Gasteiger partial charge in [-0.25, -0.2) is 4.57 Å². The molecule has 0 atom stereocenters. The molecule has 0 N–H and O–H groups in total. The molecule has 0 aliphatic heterocycles. The Kier molecular flexibility index (Phi) is 2.86. The van der Waals surface area contributed by atoms with Crippen LogP contribution in [0.5, 0.6) is 0 Å². The first kappa shape index (κ1) is 14.4. The van der Waals surface area contributed by atoms with Gasteiger partial charge in [0.2, 0.25) is 5.69 Å². The minimum absolute atomic E-state index is 0.354. The standard InChI is InChI=1S/C27H22NO2/c1-15-9-10-20-25-23(12-11-19-18-7-5-6-8-22(18)29-26(19)25)30-27(20)24(15)21-13-16(2)17(3)14-28(21)4/h5-14H,1-4H3/q+1/i3D3. The first-order chi connectivity index (χ1) is 15.7. The number of aromatic nitrogens is 1. The summed E-state index contributed by atoms with van der Waals surface area (Å²) in [6.07, 6.45) is 1.70. The van der Waals surface area contributed by atoms with E-state index >= 15 is 0 Å². The Balaban J connectivity index is 1.71. The molecule has 0 spiro atoms. The zero-order valence-electron chi connectivity index (χ0n) is 20.0. The van der Waals surface area contributed by atoms with Gasteiger partial charge in [-0.2, -0.15) is 0 Å². The first-order valence-corrected chi connectivity index (χ1v) is 10.0. The molecule has 0 bridgehead atoms. The fourth-order valence-corrected chi connectivity index (χ4v) is 4.52. The Morgan fingerprint density at radius 1 is 0.767 bits per heavy atom. The van der Waals surface area contributed by atoms with E-state index in [4.69, 9.17) is 12.9 Å². The maximum absolute atomic E-state index is 7.85. The third kappa shape index (κ3) is 2.23. The van der Waals surface area contributed by atoms with Gasteiger partial charge in [0.15, 0.2) is 6.20 Å². The van der Waals surface area contributed by atoms with Crippen LogP contribution < -0.4 is 4.57 Å². The van der Waals surface area contributed by atoms with E-state index < -0.39 is 6.85 Å². The highest BCUT2D eigenvalue weighted by Crippen LogP contribution is 2.42. The molecule has 3 nitrogen and oxygen atoms in total. The molecular formula is C27H22NO2+. The van der Waals surface area contributed by atoms with Gasteiger partial charge in [-0.3, -0.25) is 0 Å². The van der Waals surface area contributed by atoms with Crippen LogP contribution in [-0.2, 0) is 7.05 Å². The average molecular weight is 395 g/mol. The van der Waals surface area contributed by atoms with Crippen LogP contribution in [0.4, 0.5) is 0 Å². The van der Waals surface area contributed by atoms with Crippen molar-refractivity contribution >= 4 is 43.9 Å². The highest BCUT2D eigenvalue weighted by atomic mass is 16.3. The van der Waals surface area contributed by atoms with Crippen molar-refractivity contribution in [3.05, 3.63) is 77.5 Å². The van der Waals surface area contributed by atoms with Crippen LogP contribution in [0.1, 0.15) is 20.8 Å². The Bertz CT molecular complexity index is 1740. The van der Waals surface area contributed by atoms with E-state index in [1.54, 1.807) is 6.20 Å². The molecule has 3 aromatic carbocycles. The summed E-state index contributed by atoms with van der Waals surface area (Å²) in [5, 5.41) is 4.08. The van der Waals surface area contributed by atoms with E-state index in [1.807, 2.05) is 61.9 Å². The molecule has 0 amide bonds. The second-order valence-corrected chi connectivity index (χ2v) is 8.02. The first-order valence-electron chi connectivity index (χ1n) is 11.5. The topological polar surface area (TPSA) is 30.2 Å². The number of para-hydroxylation sites is 1. The van der Waals surface area contributed by atoms with Crippen LogP contribution in [0.25, 0.3) is 55.1 Å². The van der Waals surface area contributed by atoms with Crippen molar-refractivity contribution in [3.63, 3.8) is 0 Å². The fourth-order valence-electron chi connectivity index (χ4n) is 4.52. The van der Waals surface area contributed by atoms with E-state index in [0.29, 0.717) is 5.56 Å². The Hall–Kier alpha value is -3.59. The van der Waals surface area contributed by atoms with E-state index in [9.17, 15) is 0 Å². The number of hydrogen-bond donors (Lipinski definition) is 0. The number of nitrogens with zero attached hydrogens (tertiary/aromatic N) is 1. The van der Waals surface area contributed by atoms with E-state index in [1.165, 1.54) is 0 Å². The molecule has 0 saturated heterocycles. The quantitative estimate of drug-likeness (QED) is 0.283. The summed E-state index contributed by atoms with van der Waals surface area (Å²) < 4.78 is 38.1. The van der Waals surface area contributed by atoms with Crippen LogP contribution in [0.15, 0.2) is 69.6 Å². The number of furan rings is 2. The molecule has 6 rings (SSSR count). The lowest BCUT2D eigenvalue weighted by Gasteiger charge is -2.07. The fraction of sp³-hybridized carbons (Fsp3) is 0.148. The van der Waals surface area contributed by atoms with Gasteiger partial charge >= 0.3 is 0 Å². The van der Waals surface area contributed by atoms with Crippen molar-refractivity contribution in [1.29, 1.82) is 0 Å². The van der Waals surface area contributed by atoms with Gasteiger partial charge in [0, 0.05) is 31.9 Å². The number of aryl methyl sites for hydroxylation is 4. The molecule has 146 valence electrons. The average Bonchev–Trinajstić information content (AvgIpc) is 3.32. The van der Waals surface area contributed by atoms with Crippen molar-refractivity contribution in [2.24, 2.45) is 7.05 Å². The van der Waals surface area contributed by atoms with Gasteiger partial charge in [-0.05, 0) is 50.0 Å². The highest BCUT2D eigenvalue weighted by Gasteiger charge is 2.23. The third-order valence-electron chi connectivity index (χ3n) is 6.09. The molecule has 0 saturated carbocycles. The van der Waals surface area contributed by atoms with Gasteiger partial charge in [-0.1, -0.05) is 30.3 Å². The number of rotatable bonds is 1. The summed E-state index contributed by atoms with van der Waals surface area (Å²) in [4.78, 5) is 0. The minimum atomic E-state index is -2.16. The maximum atomic E-state index is 7.85. The second kappa shape index (κ2) is 5.96. The number of hydrogen-bond acceptors (Lipinski definition) is 2. The van der Waals surface area contributed by atoms with Crippen molar-refractivity contribution in [2.75, 3.05) is 0 Å². The predicted octanol–water partition coefficient (Wildman–Crippen LogP) is 6.90. The summed E-state index contributed by atoms with van der Waals surface area (Å²) in [6.45, 7) is 1.73. The normalized spacial score (nSPS) is 13.9. The molecule has 0 aliphatic rings. The number of fused-ring (bicyclic) bond motifs is 7. The van der Waals surface area contributed by atoms with Crippen LogP contribution >= 0.6 is 0 Å². The zero-order valence-corrected chi connectivity index (χ0v) is 17.0. The lowest BCUT2D eigenvalue weighted by atomic mass is 9.98. The Labute approximate surface area is 178 Å². The molecule has 6 aromatic rings. The number of benzene rings is 3. The molecule has 0 unspecified atom stereocenters. The largest absolute Gasteiger partial charge is 0.455 e. The molecular weight excluding hydrogens is 370 g/mol. The van der Waals surface area contributed by atoms with Gasteiger partial charge in [0.1, 0.15) is 29.4 Å². The lowest BCUT2D eigenvalue weighted by Crippen LogP contribution is -2.31. The van der Waals surface area contributed by atoms with Crippen molar-refractivity contribution in [1.82, 2.24) is 0 Å². The van der Waals surface area contributed by atoms with Gasteiger partial charge in [0.05, 0.1) is 10.9 Å². The SMILES string of the molecule is [2H]C([2H])([2H])c1c[n+](C)c(-c2c(C)ccc3c2oc2ccc4c5ccccc5oc4c23)cc1C. The zero-order chi connectivity index (χ0) is 23.1. The number of pyridine rings is 1. The van der Waals surface area contributed by atoms with Crippen LogP contribution in [0, 0.1) is 20.7 Å². The Morgan fingerprint density at radius 2 is 1.57 bits per heavy atom. The maximum Gasteiger partial charge on any atom is 0.216 e. The predicted molar refractivity (Wildman–Crippen MR) is 122 cm³/mol.